The largest absolute Gasteiger partial charge is 0.513 e. The first kappa shape index (κ1) is 15.8. The molecule has 0 radical (unpaired) electrons. The Bertz CT molecular complexity index is 863. The number of benzene rings is 2. The molecule has 0 aliphatic heterocycles. The summed E-state index contributed by atoms with van der Waals surface area (Å²) in [5, 5.41) is 4.26. The standard InChI is InChI=1S/C19H18N2O3/c1-13-18(24-19(22)23-2)17(15-10-6-7-11-16(15)21-13)20-12-14-8-4-3-5-9-14/h3-11H,12H2,1-2H3,(H,20,21). The Kier molecular flexibility index (Phi) is 4.61. The first-order valence-corrected chi connectivity index (χ1v) is 7.62. The number of methoxy groups -OCH3 is 1. The second kappa shape index (κ2) is 7.00. The Morgan fingerprint density at radius 1 is 1.08 bits per heavy atom. The zero-order valence-electron chi connectivity index (χ0n) is 13.6. The number of rotatable bonds is 4. The number of carbonyl (C=O) groups excluding carboxylic acids is 1. The molecule has 0 bridgehead atoms. The molecule has 1 aromatic heterocycles. The van der Waals surface area contributed by atoms with Crippen molar-refractivity contribution >= 4 is 22.7 Å². The number of pyridine rings is 1. The van der Waals surface area contributed by atoms with E-state index in [0.29, 0.717) is 18.0 Å². The van der Waals surface area contributed by atoms with Gasteiger partial charge in [-0.05, 0) is 18.6 Å². The van der Waals surface area contributed by atoms with Crippen LogP contribution < -0.4 is 10.1 Å². The number of carbonyl (C=O) groups is 1. The van der Waals surface area contributed by atoms with Crippen molar-refractivity contribution in [3.63, 3.8) is 0 Å². The minimum absolute atomic E-state index is 0.386. The molecular formula is C19H18N2O3. The van der Waals surface area contributed by atoms with E-state index in [1.165, 1.54) is 7.11 Å². The van der Waals surface area contributed by atoms with Crippen molar-refractivity contribution < 1.29 is 14.3 Å². The minimum atomic E-state index is -0.766. The zero-order chi connectivity index (χ0) is 16.9. The lowest BCUT2D eigenvalue weighted by Crippen LogP contribution is -2.12. The van der Waals surface area contributed by atoms with Crippen LogP contribution in [0.3, 0.4) is 0 Å². The van der Waals surface area contributed by atoms with Crippen molar-refractivity contribution in [3.05, 3.63) is 65.9 Å². The highest BCUT2D eigenvalue weighted by molar-refractivity contribution is 5.95. The minimum Gasteiger partial charge on any atom is -0.437 e. The van der Waals surface area contributed by atoms with Gasteiger partial charge in [0.15, 0.2) is 5.75 Å². The van der Waals surface area contributed by atoms with E-state index in [9.17, 15) is 4.79 Å². The van der Waals surface area contributed by atoms with Crippen LogP contribution in [0.1, 0.15) is 11.3 Å². The van der Waals surface area contributed by atoms with Crippen LogP contribution in [0.5, 0.6) is 5.75 Å². The normalized spacial score (nSPS) is 10.4. The molecule has 0 fully saturated rings. The third-order valence-corrected chi connectivity index (χ3v) is 3.68. The van der Waals surface area contributed by atoms with Crippen LogP contribution in [0.2, 0.25) is 0 Å². The van der Waals surface area contributed by atoms with Gasteiger partial charge in [0.2, 0.25) is 0 Å². The van der Waals surface area contributed by atoms with Gasteiger partial charge in [0.1, 0.15) is 0 Å². The summed E-state index contributed by atoms with van der Waals surface area (Å²) < 4.78 is 9.96. The predicted octanol–water partition coefficient (Wildman–Crippen LogP) is 4.30. The van der Waals surface area contributed by atoms with E-state index in [4.69, 9.17) is 4.74 Å². The lowest BCUT2D eigenvalue weighted by atomic mass is 10.1. The highest BCUT2D eigenvalue weighted by Gasteiger charge is 2.17. The molecule has 0 amide bonds. The highest BCUT2D eigenvalue weighted by Crippen LogP contribution is 2.35. The first-order chi connectivity index (χ1) is 11.7. The topological polar surface area (TPSA) is 60.5 Å². The fraction of sp³-hybridized carbons (Fsp3) is 0.158. The summed E-state index contributed by atoms with van der Waals surface area (Å²) in [4.78, 5) is 16.1. The summed E-state index contributed by atoms with van der Waals surface area (Å²) in [7, 11) is 1.28. The molecule has 3 aromatic rings. The van der Waals surface area contributed by atoms with Crippen molar-refractivity contribution in [3.8, 4) is 5.75 Å². The van der Waals surface area contributed by atoms with Crippen LogP contribution in [-0.2, 0) is 11.3 Å². The molecule has 0 spiro atoms. The van der Waals surface area contributed by atoms with Gasteiger partial charge in [0.05, 0.1) is 24.0 Å². The van der Waals surface area contributed by atoms with Crippen molar-refractivity contribution in [2.24, 2.45) is 0 Å². The van der Waals surface area contributed by atoms with E-state index in [1.807, 2.05) is 54.6 Å². The van der Waals surface area contributed by atoms with Gasteiger partial charge in [-0.15, -0.1) is 0 Å². The number of nitrogens with zero attached hydrogens (tertiary/aromatic N) is 1. The van der Waals surface area contributed by atoms with Gasteiger partial charge in [-0.1, -0.05) is 48.5 Å². The maximum absolute atomic E-state index is 11.6. The maximum Gasteiger partial charge on any atom is 0.513 e. The Labute approximate surface area is 140 Å². The molecule has 0 aliphatic rings. The third kappa shape index (κ3) is 3.30. The zero-order valence-corrected chi connectivity index (χ0v) is 13.6. The molecule has 5 heteroatoms. The van der Waals surface area contributed by atoms with Crippen molar-refractivity contribution in [1.29, 1.82) is 0 Å². The number of hydrogen-bond acceptors (Lipinski definition) is 5. The summed E-state index contributed by atoms with van der Waals surface area (Å²) in [5.41, 5.74) is 3.31. The molecule has 122 valence electrons. The van der Waals surface area contributed by atoms with Crippen molar-refractivity contribution in [2.75, 3.05) is 12.4 Å². The van der Waals surface area contributed by atoms with Crippen LogP contribution >= 0.6 is 0 Å². The van der Waals surface area contributed by atoms with Gasteiger partial charge in [-0.2, -0.15) is 0 Å². The Morgan fingerprint density at radius 3 is 2.54 bits per heavy atom. The number of anilines is 1. The second-order valence-electron chi connectivity index (χ2n) is 5.31. The number of nitrogens with one attached hydrogen (secondary N) is 1. The number of fused-ring (bicyclic) bond motifs is 1. The third-order valence-electron chi connectivity index (χ3n) is 3.68. The fourth-order valence-electron chi connectivity index (χ4n) is 2.53. The van der Waals surface area contributed by atoms with Crippen LogP contribution in [0, 0.1) is 6.92 Å². The summed E-state index contributed by atoms with van der Waals surface area (Å²) in [6.45, 7) is 2.41. The van der Waals surface area contributed by atoms with E-state index in [0.717, 1.165) is 22.2 Å². The lowest BCUT2D eigenvalue weighted by Gasteiger charge is -2.16. The van der Waals surface area contributed by atoms with Crippen LogP contribution in [0.4, 0.5) is 10.5 Å². The molecule has 1 N–H and O–H groups in total. The van der Waals surface area contributed by atoms with E-state index < -0.39 is 6.16 Å². The maximum atomic E-state index is 11.6. The predicted molar refractivity (Wildman–Crippen MR) is 93.3 cm³/mol. The molecule has 24 heavy (non-hydrogen) atoms. The number of aromatic nitrogens is 1. The summed E-state index contributed by atoms with van der Waals surface area (Å²) in [5.74, 6) is 0.386. The molecule has 3 rings (SSSR count). The van der Waals surface area contributed by atoms with E-state index in [1.54, 1.807) is 6.92 Å². The van der Waals surface area contributed by atoms with Crippen molar-refractivity contribution in [2.45, 2.75) is 13.5 Å². The monoisotopic (exact) mass is 322 g/mol. The molecule has 0 aliphatic carbocycles. The Hall–Kier alpha value is -3.08. The van der Waals surface area contributed by atoms with E-state index in [2.05, 4.69) is 15.0 Å². The number of para-hydroxylation sites is 1. The number of hydrogen-bond donors (Lipinski definition) is 1. The molecule has 5 nitrogen and oxygen atoms in total. The molecule has 0 saturated carbocycles. The summed E-state index contributed by atoms with van der Waals surface area (Å²) >= 11 is 0. The van der Waals surface area contributed by atoms with E-state index >= 15 is 0 Å². The van der Waals surface area contributed by atoms with Gasteiger partial charge in [-0.3, -0.25) is 0 Å². The number of aryl methyl sites for hydroxylation is 1. The molecule has 0 atom stereocenters. The quantitative estimate of drug-likeness (QED) is 0.726. The van der Waals surface area contributed by atoms with Crippen molar-refractivity contribution in [1.82, 2.24) is 4.98 Å². The molecule has 1 heterocycles. The Balaban J connectivity index is 2.03. The first-order valence-electron chi connectivity index (χ1n) is 7.62. The van der Waals surface area contributed by atoms with Gasteiger partial charge < -0.3 is 14.8 Å². The average molecular weight is 322 g/mol. The van der Waals surface area contributed by atoms with Gasteiger partial charge in [-0.25, -0.2) is 9.78 Å². The van der Waals surface area contributed by atoms with Crippen LogP contribution in [-0.4, -0.2) is 18.2 Å². The molecule has 0 unspecified atom stereocenters. The molecular weight excluding hydrogens is 304 g/mol. The smallest absolute Gasteiger partial charge is 0.437 e. The SMILES string of the molecule is COC(=O)Oc1c(C)nc2ccccc2c1NCc1ccccc1. The number of ether oxygens (including phenoxy) is 2. The van der Waals surface area contributed by atoms with Crippen LogP contribution in [0.25, 0.3) is 10.9 Å². The second-order valence-corrected chi connectivity index (χ2v) is 5.31. The highest BCUT2D eigenvalue weighted by atomic mass is 16.7. The van der Waals surface area contributed by atoms with E-state index in [-0.39, 0.29) is 0 Å². The molecule has 0 saturated heterocycles. The fourth-order valence-corrected chi connectivity index (χ4v) is 2.53. The summed E-state index contributed by atoms with van der Waals surface area (Å²) in [6, 6.07) is 17.7. The van der Waals surface area contributed by atoms with Crippen LogP contribution in [0.15, 0.2) is 54.6 Å². The molecule has 2 aromatic carbocycles. The Morgan fingerprint density at radius 2 is 1.79 bits per heavy atom. The average Bonchev–Trinajstić information content (AvgIpc) is 2.62. The lowest BCUT2D eigenvalue weighted by molar-refractivity contribution is 0.121. The van der Waals surface area contributed by atoms with Gasteiger partial charge in [0.25, 0.3) is 0 Å². The van der Waals surface area contributed by atoms with Gasteiger partial charge >= 0.3 is 6.16 Å². The summed E-state index contributed by atoms with van der Waals surface area (Å²) in [6.07, 6.45) is -0.766. The van der Waals surface area contributed by atoms with Gasteiger partial charge in [0, 0.05) is 11.9 Å².